The van der Waals surface area contributed by atoms with Crippen molar-refractivity contribution in [1.29, 1.82) is 0 Å². The summed E-state index contributed by atoms with van der Waals surface area (Å²) in [6.07, 6.45) is 6.12. The summed E-state index contributed by atoms with van der Waals surface area (Å²) in [5.74, 6) is -0.155. The molecule has 0 spiro atoms. The van der Waals surface area contributed by atoms with E-state index in [0.717, 1.165) is 28.1 Å². The first-order valence-corrected chi connectivity index (χ1v) is 14.5. The molecule has 9 nitrogen and oxygen atoms in total. The number of aryl methyl sites for hydroxylation is 2. The highest BCUT2D eigenvalue weighted by Gasteiger charge is 2.51. The van der Waals surface area contributed by atoms with Gasteiger partial charge in [-0.15, -0.1) is 11.3 Å². The highest BCUT2D eigenvalue weighted by atomic mass is 32.2. The molecule has 190 valence electrons. The quantitative estimate of drug-likeness (QED) is 0.349. The van der Waals surface area contributed by atoms with Crippen molar-refractivity contribution in [1.82, 2.24) is 28.9 Å². The van der Waals surface area contributed by atoms with Crippen molar-refractivity contribution in [2.75, 3.05) is 13.1 Å². The lowest BCUT2D eigenvalue weighted by molar-refractivity contribution is 0.0770. The number of nitrogens with zero attached hydrogens (tertiary/aromatic N) is 6. The Bertz CT molecular complexity index is 1620. The Hall–Kier alpha value is -3.41. The number of hydrogen-bond acceptors (Lipinski definition) is 7. The number of piperidine rings is 1. The predicted octanol–water partition coefficient (Wildman–Crippen LogP) is 3.76. The summed E-state index contributed by atoms with van der Waals surface area (Å²) in [6, 6.07) is 9.65. The van der Waals surface area contributed by atoms with Crippen molar-refractivity contribution in [3.8, 4) is 5.69 Å². The number of hydrogen-bond donors (Lipinski definition) is 0. The minimum absolute atomic E-state index is 0.0432. The molecule has 1 aliphatic carbocycles. The number of ketones is 1. The second kappa shape index (κ2) is 8.86. The third kappa shape index (κ3) is 3.80. The molecule has 0 unspecified atom stereocenters. The number of sulfonamides is 1. The average Bonchev–Trinajstić information content (AvgIpc) is 3.68. The number of fused-ring (bicyclic) bond motifs is 2. The molecule has 0 amide bonds. The van der Waals surface area contributed by atoms with Gasteiger partial charge < -0.3 is 0 Å². The molecule has 1 aromatic carbocycles. The molecule has 4 heterocycles. The molecule has 0 saturated carbocycles. The first-order chi connectivity index (χ1) is 17.8. The van der Waals surface area contributed by atoms with E-state index in [-0.39, 0.29) is 23.9 Å². The Morgan fingerprint density at radius 1 is 1.16 bits per heavy atom. The molecular weight excluding hydrogens is 508 g/mol. The number of carbonyl (C=O) groups is 1. The standard InChI is InChI=1S/C26H26N6O3S2/c1-3-31-24(8-10-28-31)37(34,35)30-11-9-20-12-23-19(14-29-32(23)21-6-4-18(2)5-7-21)13-26(20,16-30)25(33)22-15-36-17-27-22/h4-8,10,12,14-15,17H,3,9,11,13,16H2,1-2H3/t26-/m0/s1. The van der Waals surface area contributed by atoms with Crippen LogP contribution in [0.5, 0.6) is 0 Å². The molecule has 1 aliphatic heterocycles. The summed E-state index contributed by atoms with van der Waals surface area (Å²) in [5.41, 5.74) is 5.81. The largest absolute Gasteiger partial charge is 0.291 e. The SMILES string of the molecule is CCn1nccc1S(=O)(=O)N1CCC2=Cc3c(cnn3-c3ccc(C)cc3)C[C@]2(C(=O)c2cscn2)C1. The van der Waals surface area contributed by atoms with Gasteiger partial charge in [0.1, 0.15) is 5.69 Å². The van der Waals surface area contributed by atoms with Crippen molar-refractivity contribution < 1.29 is 13.2 Å². The first-order valence-electron chi connectivity index (χ1n) is 12.1. The van der Waals surface area contributed by atoms with Gasteiger partial charge in [-0.2, -0.15) is 14.5 Å². The maximum atomic E-state index is 14.1. The molecule has 2 aliphatic rings. The Morgan fingerprint density at radius 2 is 1.97 bits per heavy atom. The van der Waals surface area contributed by atoms with Crippen LogP contribution in [0.3, 0.4) is 0 Å². The van der Waals surface area contributed by atoms with Crippen molar-refractivity contribution in [3.63, 3.8) is 0 Å². The zero-order valence-corrected chi connectivity index (χ0v) is 22.2. The van der Waals surface area contributed by atoms with Gasteiger partial charge in [-0.05, 0) is 56.5 Å². The zero-order chi connectivity index (χ0) is 25.8. The van der Waals surface area contributed by atoms with Crippen LogP contribution in [0.4, 0.5) is 0 Å². The summed E-state index contributed by atoms with van der Waals surface area (Å²) < 4.78 is 32.2. The molecule has 1 atom stereocenters. The minimum Gasteiger partial charge on any atom is -0.291 e. The van der Waals surface area contributed by atoms with Crippen LogP contribution < -0.4 is 0 Å². The van der Waals surface area contributed by atoms with Gasteiger partial charge >= 0.3 is 0 Å². The highest BCUT2D eigenvalue weighted by molar-refractivity contribution is 7.89. The van der Waals surface area contributed by atoms with E-state index in [0.29, 0.717) is 25.1 Å². The van der Waals surface area contributed by atoms with Crippen molar-refractivity contribution in [3.05, 3.63) is 81.7 Å². The lowest BCUT2D eigenvalue weighted by atomic mass is 9.65. The fraction of sp³-hybridized carbons (Fsp3) is 0.308. The summed E-state index contributed by atoms with van der Waals surface area (Å²) in [7, 11) is -3.86. The highest BCUT2D eigenvalue weighted by Crippen LogP contribution is 2.47. The van der Waals surface area contributed by atoms with Crippen LogP contribution >= 0.6 is 11.3 Å². The molecule has 11 heteroatoms. The van der Waals surface area contributed by atoms with Gasteiger partial charge in [0.05, 0.1) is 34.7 Å². The summed E-state index contributed by atoms with van der Waals surface area (Å²) in [4.78, 5) is 18.4. The van der Waals surface area contributed by atoms with Crippen molar-refractivity contribution in [2.45, 2.75) is 38.3 Å². The van der Waals surface area contributed by atoms with Gasteiger partial charge in [0.25, 0.3) is 10.0 Å². The van der Waals surface area contributed by atoms with Crippen LogP contribution in [0.1, 0.15) is 40.7 Å². The number of aromatic nitrogens is 5. The number of carbonyl (C=O) groups excluding carboxylic acids is 1. The normalized spacial score (nSPS) is 19.8. The molecule has 1 fully saturated rings. The van der Waals surface area contributed by atoms with Crippen LogP contribution in [0.15, 0.2) is 64.2 Å². The Balaban J connectivity index is 1.45. The summed E-state index contributed by atoms with van der Waals surface area (Å²) >= 11 is 1.35. The zero-order valence-electron chi connectivity index (χ0n) is 20.5. The summed E-state index contributed by atoms with van der Waals surface area (Å²) in [5, 5.41) is 10.7. The van der Waals surface area contributed by atoms with E-state index in [2.05, 4.69) is 15.2 Å². The van der Waals surface area contributed by atoms with Gasteiger partial charge in [-0.1, -0.05) is 23.3 Å². The molecule has 1 saturated heterocycles. The maximum absolute atomic E-state index is 14.1. The van der Waals surface area contributed by atoms with E-state index in [1.165, 1.54) is 32.6 Å². The van der Waals surface area contributed by atoms with Gasteiger partial charge in [0.15, 0.2) is 10.8 Å². The lowest BCUT2D eigenvalue weighted by Crippen LogP contribution is -2.53. The summed E-state index contributed by atoms with van der Waals surface area (Å²) in [6.45, 7) is 4.65. The monoisotopic (exact) mass is 534 g/mol. The van der Waals surface area contributed by atoms with Gasteiger partial charge in [0, 0.05) is 25.0 Å². The molecule has 37 heavy (non-hydrogen) atoms. The Kier molecular flexibility index (Phi) is 5.74. The Labute approximate surface area is 219 Å². The molecule has 0 N–H and O–H groups in total. The van der Waals surface area contributed by atoms with E-state index >= 15 is 0 Å². The molecule has 0 bridgehead atoms. The smallest absolute Gasteiger partial charge is 0.260 e. The van der Waals surface area contributed by atoms with E-state index in [9.17, 15) is 13.2 Å². The van der Waals surface area contributed by atoms with Crippen LogP contribution in [0.25, 0.3) is 11.8 Å². The topological polar surface area (TPSA) is 103 Å². The van der Waals surface area contributed by atoms with E-state index < -0.39 is 15.4 Å². The fourth-order valence-electron chi connectivity index (χ4n) is 5.39. The second-order valence-corrected chi connectivity index (χ2v) is 12.1. The molecule has 4 aromatic rings. The number of rotatable bonds is 6. The van der Waals surface area contributed by atoms with Gasteiger partial charge in [-0.25, -0.2) is 18.1 Å². The average molecular weight is 535 g/mol. The maximum Gasteiger partial charge on any atom is 0.260 e. The minimum atomic E-state index is -3.86. The van der Waals surface area contributed by atoms with Gasteiger partial charge in [0.2, 0.25) is 0 Å². The predicted molar refractivity (Wildman–Crippen MR) is 140 cm³/mol. The van der Waals surface area contributed by atoms with E-state index in [1.54, 1.807) is 17.1 Å². The molecule has 0 radical (unpaired) electrons. The van der Waals surface area contributed by atoms with E-state index in [4.69, 9.17) is 0 Å². The molecular formula is C26H26N6O3S2. The van der Waals surface area contributed by atoms with Crippen molar-refractivity contribution in [2.24, 2.45) is 5.41 Å². The van der Waals surface area contributed by atoms with Crippen LogP contribution in [-0.4, -0.2) is 56.1 Å². The van der Waals surface area contributed by atoms with E-state index in [1.807, 2.05) is 48.9 Å². The lowest BCUT2D eigenvalue weighted by Gasteiger charge is -2.44. The van der Waals surface area contributed by atoms with Crippen LogP contribution in [0, 0.1) is 12.3 Å². The fourth-order valence-corrected chi connectivity index (χ4v) is 7.59. The van der Waals surface area contributed by atoms with Crippen molar-refractivity contribution >= 4 is 33.2 Å². The molecule has 6 rings (SSSR count). The number of benzene rings is 1. The number of thiazole rings is 1. The number of Topliss-reactive ketones (excluding diaryl/α,β-unsaturated/α-hetero) is 1. The van der Waals surface area contributed by atoms with Crippen LogP contribution in [-0.2, 0) is 23.0 Å². The third-order valence-electron chi connectivity index (χ3n) is 7.34. The van der Waals surface area contributed by atoms with Crippen LogP contribution in [0.2, 0.25) is 0 Å². The Morgan fingerprint density at radius 3 is 2.70 bits per heavy atom. The second-order valence-electron chi connectivity index (χ2n) is 9.51. The first kappa shape index (κ1) is 24.0. The molecule has 3 aromatic heterocycles. The third-order valence-corrected chi connectivity index (χ3v) is 9.79. The van der Waals surface area contributed by atoms with Gasteiger partial charge in [-0.3, -0.25) is 9.48 Å².